The molecule has 0 aliphatic heterocycles. The van der Waals surface area contributed by atoms with Crippen molar-refractivity contribution >= 4 is 28.4 Å². The van der Waals surface area contributed by atoms with Crippen LogP contribution in [0.3, 0.4) is 0 Å². The number of benzene rings is 2. The van der Waals surface area contributed by atoms with Crippen LogP contribution in [0.15, 0.2) is 47.4 Å². The van der Waals surface area contributed by atoms with Crippen LogP contribution in [-0.4, -0.2) is 29.1 Å². The second-order valence-corrected chi connectivity index (χ2v) is 6.58. The zero-order valence-electron chi connectivity index (χ0n) is 16.0. The predicted molar refractivity (Wildman–Crippen MR) is 104 cm³/mol. The number of fused-ring (bicyclic) bond motifs is 1. The Morgan fingerprint density at radius 3 is 2.40 bits per heavy atom. The standard InChI is InChI=1S/C22H17F2NO5/c1-2-30-22(29)19(27)10-18(26)16-11-25-20-15(21(16)28)8-13(9-17(20)24)7-12-3-5-14(23)6-4-12/h3-6,8-9,11H,2,7,10H2,1H3,(H,25,28). The number of Topliss-reactive ketones (excluding diaryl/α,β-unsaturated/α-hetero) is 2. The zero-order valence-corrected chi connectivity index (χ0v) is 16.0. The van der Waals surface area contributed by atoms with Crippen LogP contribution in [-0.2, 0) is 20.7 Å². The molecule has 1 N–H and O–H groups in total. The first kappa shape index (κ1) is 21.0. The van der Waals surface area contributed by atoms with Crippen LogP contribution < -0.4 is 5.43 Å². The third-order valence-electron chi connectivity index (χ3n) is 4.45. The van der Waals surface area contributed by atoms with Crippen molar-refractivity contribution in [3.05, 3.63) is 81.1 Å². The molecule has 0 atom stereocenters. The number of rotatable bonds is 7. The first-order valence-corrected chi connectivity index (χ1v) is 9.11. The van der Waals surface area contributed by atoms with Crippen molar-refractivity contribution in [1.82, 2.24) is 4.98 Å². The lowest BCUT2D eigenvalue weighted by atomic mass is 10.00. The third kappa shape index (κ3) is 4.48. The lowest BCUT2D eigenvalue weighted by Crippen LogP contribution is -2.24. The molecular weight excluding hydrogens is 396 g/mol. The molecule has 8 heteroatoms. The number of hydrogen-bond donors (Lipinski definition) is 1. The van der Waals surface area contributed by atoms with Gasteiger partial charge in [-0.05, 0) is 48.7 Å². The summed E-state index contributed by atoms with van der Waals surface area (Å²) in [6.45, 7) is 1.49. The Morgan fingerprint density at radius 2 is 1.73 bits per heavy atom. The number of pyridine rings is 1. The average molecular weight is 413 g/mol. The number of nitrogens with one attached hydrogen (secondary N) is 1. The lowest BCUT2D eigenvalue weighted by Gasteiger charge is -2.07. The van der Waals surface area contributed by atoms with Gasteiger partial charge in [-0.15, -0.1) is 0 Å². The van der Waals surface area contributed by atoms with Crippen molar-refractivity contribution in [2.45, 2.75) is 19.8 Å². The monoisotopic (exact) mass is 413 g/mol. The molecule has 154 valence electrons. The molecule has 2 aromatic carbocycles. The number of hydrogen-bond acceptors (Lipinski definition) is 5. The van der Waals surface area contributed by atoms with Gasteiger partial charge >= 0.3 is 5.97 Å². The van der Waals surface area contributed by atoms with Crippen molar-refractivity contribution in [3.63, 3.8) is 0 Å². The number of aromatic nitrogens is 1. The van der Waals surface area contributed by atoms with Crippen molar-refractivity contribution < 1.29 is 27.9 Å². The van der Waals surface area contributed by atoms with Gasteiger partial charge < -0.3 is 9.72 Å². The number of esters is 1. The molecule has 0 aliphatic carbocycles. The molecule has 1 heterocycles. The fourth-order valence-corrected chi connectivity index (χ4v) is 3.02. The quantitative estimate of drug-likeness (QED) is 0.278. The van der Waals surface area contributed by atoms with E-state index in [9.17, 15) is 28.0 Å². The fourth-order valence-electron chi connectivity index (χ4n) is 3.02. The van der Waals surface area contributed by atoms with Crippen LogP contribution in [0.4, 0.5) is 8.78 Å². The summed E-state index contributed by atoms with van der Waals surface area (Å²) in [5, 5.41) is -0.0680. The predicted octanol–water partition coefficient (Wildman–Crippen LogP) is 3.10. The molecule has 0 amide bonds. The summed E-state index contributed by atoms with van der Waals surface area (Å²) in [6, 6.07) is 8.32. The summed E-state index contributed by atoms with van der Waals surface area (Å²) in [5.74, 6) is -4.20. The minimum absolute atomic E-state index is 0.0224. The largest absolute Gasteiger partial charge is 0.460 e. The van der Waals surface area contributed by atoms with E-state index in [2.05, 4.69) is 9.72 Å². The molecule has 0 aliphatic rings. The molecule has 3 rings (SSSR count). The Hall–Kier alpha value is -3.68. The molecule has 3 aromatic rings. The number of ether oxygens (including phenoxy) is 1. The second kappa shape index (κ2) is 8.77. The van der Waals surface area contributed by atoms with Crippen LogP contribution in [0.2, 0.25) is 0 Å². The molecule has 0 fully saturated rings. The normalized spacial score (nSPS) is 10.8. The summed E-state index contributed by atoms with van der Waals surface area (Å²) in [5.41, 5.74) is -0.0528. The van der Waals surface area contributed by atoms with Crippen LogP contribution >= 0.6 is 0 Å². The number of aromatic amines is 1. The van der Waals surface area contributed by atoms with E-state index in [1.807, 2.05) is 0 Å². The van der Waals surface area contributed by atoms with Crippen molar-refractivity contribution in [2.75, 3.05) is 6.61 Å². The van der Waals surface area contributed by atoms with Crippen LogP contribution in [0.25, 0.3) is 10.9 Å². The van der Waals surface area contributed by atoms with E-state index in [0.29, 0.717) is 11.1 Å². The van der Waals surface area contributed by atoms with Crippen molar-refractivity contribution in [3.8, 4) is 0 Å². The fraction of sp³-hybridized carbons (Fsp3) is 0.182. The average Bonchev–Trinajstić information content (AvgIpc) is 2.70. The highest BCUT2D eigenvalue weighted by molar-refractivity contribution is 6.38. The van der Waals surface area contributed by atoms with Gasteiger partial charge in [-0.25, -0.2) is 13.6 Å². The van der Waals surface area contributed by atoms with Crippen LogP contribution in [0.5, 0.6) is 0 Å². The summed E-state index contributed by atoms with van der Waals surface area (Å²) in [4.78, 5) is 50.8. The number of halogens is 2. The van der Waals surface area contributed by atoms with E-state index in [-0.39, 0.29) is 29.5 Å². The van der Waals surface area contributed by atoms with Crippen LogP contribution in [0, 0.1) is 11.6 Å². The molecule has 0 saturated carbocycles. The first-order valence-electron chi connectivity index (χ1n) is 9.11. The number of ketones is 2. The van der Waals surface area contributed by atoms with E-state index >= 15 is 0 Å². The van der Waals surface area contributed by atoms with E-state index in [4.69, 9.17) is 0 Å². The molecule has 6 nitrogen and oxygen atoms in total. The Morgan fingerprint density at radius 1 is 1.03 bits per heavy atom. The van der Waals surface area contributed by atoms with Gasteiger partial charge in [-0.1, -0.05) is 12.1 Å². The number of H-pyrrole nitrogens is 1. The second-order valence-electron chi connectivity index (χ2n) is 6.58. The van der Waals surface area contributed by atoms with Crippen LogP contribution in [0.1, 0.15) is 34.8 Å². The molecule has 0 spiro atoms. The number of carbonyl (C=O) groups excluding carboxylic acids is 3. The molecule has 1 aromatic heterocycles. The summed E-state index contributed by atoms with van der Waals surface area (Å²) >= 11 is 0. The topological polar surface area (TPSA) is 93.3 Å². The van der Waals surface area contributed by atoms with Gasteiger partial charge in [0.25, 0.3) is 0 Å². The maximum atomic E-state index is 14.5. The first-order chi connectivity index (χ1) is 14.3. The lowest BCUT2D eigenvalue weighted by molar-refractivity contribution is -0.153. The summed E-state index contributed by atoms with van der Waals surface area (Å²) in [6.07, 6.45) is 0.436. The summed E-state index contributed by atoms with van der Waals surface area (Å²) in [7, 11) is 0. The van der Waals surface area contributed by atoms with Gasteiger partial charge in [-0.3, -0.25) is 14.4 Å². The third-order valence-corrected chi connectivity index (χ3v) is 4.45. The number of carbonyl (C=O) groups is 3. The maximum absolute atomic E-state index is 14.5. The molecule has 30 heavy (non-hydrogen) atoms. The van der Waals surface area contributed by atoms with Gasteiger partial charge in [0.2, 0.25) is 5.78 Å². The van der Waals surface area contributed by atoms with Gasteiger partial charge in [0.05, 0.1) is 24.1 Å². The van der Waals surface area contributed by atoms with E-state index in [1.54, 1.807) is 12.1 Å². The molecule has 0 bridgehead atoms. The van der Waals surface area contributed by atoms with Gasteiger partial charge in [-0.2, -0.15) is 0 Å². The molecule has 0 radical (unpaired) electrons. The van der Waals surface area contributed by atoms with Gasteiger partial charge in [0.1, 0.15) is 11.6 Å². The van der Waals surface area contributed by atoms with E-state index in [1.165, 1.54) is 31.2 Å². The Bertz CT molecular complexity index is 1200. The molecular formula is C22H17F2NO5. The van der Waals surface area contributed by atoms with E-state index in [0.717, 1.165) is 6.20 Å². The highest BCUT2D eigenvalue weighted by Gasteiger charge is 2.23. The highest BCUT2D eigenvalue weighted by atomic mass is 19.1. The minimum atomic E-state index is -1.16. The minimum Gasteiger partial charge on any atom is -0.460 e. The van der Waals surface area contributed by atoms with E-state index < -0.39 is 41.0 Å². The molecule has 0 saturated heterocycles. The summed E-state index contributed by atoms with van der Waals surface area (Å²) < 4.78 is 32.1. The van der Waals surface area contributed by atoms with Gasteiger partial charge in [0, 0.05) is 11.6 Å². The SMILES string of the molecule is CCOC(=O)C(=O)CC(=O)c1c[nH]c2c(F)cc(Cc3ccc(F)cc3)cc2c1=O. The van der Waals surface area contributed by atoms with Crippen molar-refractivity contribution in [1.29, 1.82) is 0 Å². The smallest absolute Gasteiger partial charge is 0.375 e. The Labute approximate surface area is 169 Å². The van der Waals surface area contributed by atoms with Gasteiger partial charge in [0.15, 0.2) is 11.2 Å². The zero-order chi connectivity index (χ0) is 21.8. The van der Waals surface area contributed by atoms with Crippen molar-refractivity contribution in [2.24, 2.45) is 0 Å². The highest BCUT2D eigenvalue weighted by Crippen LogP contribution is 2.19. The maximum Gasteiger partial charge on any atom is 0.375 e. The Kier molecular flexibility index (Phi) is 6.15. The molecule has 0 unspecified atom stereocenters. The Balaban J connectivity index is 1.94.